The minimum absolute atomic E-state index is 0.523. The third-order valence-electron chi connectivity index (χ3n) is 1.82. The fraction of sp³-hybridized carbons (Fsp3) is 0. The van der Waals surface area contributed by atoms with Gasteiger partial charge in [0.2, 0.25) is 12.2 Å². The van der Waals surface area contributed by atoms with Crippen molar-refractivity contribution in [1.82, 2.24) is 9.97 Å². The standard InChI is InChI=1S/C11H8N3O/c15-8-9-2-4-10(5-3-9)14-11-12-6-1-7-13-11/h1-7H,(H,12,13,14). The first-order chi connectivity index (χ1) is 7.38. The molecule has 0 spiro atoms. The van der Waals surface area contributed by atoms with Gasteiger partial charge < -0.3 is 5.32 Å². The van der Waals surface area contributed by atoms with Gasteiger partial charge in [-0.15, -0.1) is 0 Å². The van der Waals surface area contributed by atoms with Crippen LogP contribution < -0.4 is 5.32 Å². The second-order valence-corrected chi connectivity index (χ2v) is 2.88. The molecule has 0 atom stereocenters. The van der Waals surface area contributed by atoms with Gasteiger partial charge in [0.25, 0.3) is 0 Å². The number of aromatic nitrogens is 2. The molecule has 0 aliphatic carbocycles. The van der Waals surface area contributed by atoms with Gasteiger partial charge in [0.15, 0.2) is 0 Å². The Kier molecular flexibility index (Phi) is 2.69. The van der Waals surface area contributed by atoms with Gasteiger partial charge in [-0.1, -0.05) is 0 Å². The molecule has 2 aromatic rings. The highest BCUT2D eigenvalue weighted by Crippen LogP contribution is 2.12. The highest BCUT2D eigenvalue weighted by Gasteiger charge is 1.96. The summed E-state index contributed by atoms with van der Waals surface area (Å²) in [6, 6.07) is 8.65. The van der Waals surface area contributed by atoms with Crippen LogP contribution in [0.2, 0.25) is 0 Å². The largest absolute Gasteiger partial charge is 0.324 e. The van der Waals surface area contributed by atoms with Gasteiger partial charge in [0.1, 0.15) is 0 Å². The Hall–Kier alpha value is -2.23. The Morgan fingerprint density at radius 1 is 1.07 bits per heavy atom. The van der Waals surface area contributed by atoms with Crippen LogP contribution in [0.5, 0.6) is 0 Å². The van der Waals surface area contributed by atoms with Gasteiger partial charge in [-0.05, 0) is 30.3 Å². The number of hydrogen-bond acceptors (Lipinski definition) is 4. The molecule has 1 aromatic heterocycles. The van der Waals surface area contributed by atoms with Crippen LogP contribution in [0, 0.1) is 0 Å². The van der Waals surface area contributed by atoms with Gasteiger partial charge in [-0.25, -0.2) is 9.97 Å². The van der Waals surface area contributed by atoms with Gasteiger partial charge in [-0.2, -0.15) is 0 Å². The third kappa shape index (κ3) is 2.37. The molecule has 0 unspecified atom stereocenters. The first-order valence-corrected chi connectivity index (χ1v) is 4.41. The quantitative estimate of drug-likeness (QED) is 0.815. The molecule has 0 aliphatic rings. The predicted octanol–water partition coefficient (Wildman–Crippen LogP) is 1.68. The molecule has 73 valence electrons. The van der Waals surface area contributed by atoms with Crippen molar-refractivity contribution in [2.24, 2.45) is 0 Å². The lowest BCUT2D eigenvalue weighted by atomic mass is 10.2. The maximum absolute atomic E-state index is 10.3. The highest BCUT2D eigenvalue weighted by molar-refractivity contribution is 5.76. The minimum atomic E-state index is 0.523. The van der Waals surface area contributed by atoms with Crippen LogP contribution in [-0.4, -0.2) is 16.3 Å². The highest BCUT2D eigenvalue weighted by atomic mass is 16.1. The molecule has 4 heteroatoms. The molecule has 1 heterocycles. The Labute approximate surface area is 87.0 Å². The summed E-state index contributed by atoms with van der Waals surface area (Å²) in [5.74, 6) is 0.528. The first kappa shape index (κ1) is 9.33. The van der Waals surface area contributed by atoms with E-state index in [4.69, 9.17) is 0 Å². The molecular formula is C11H8N3O. The molecular weight excluding hydrogens is 190 g/mol. The molecule has 0 bridgehead atoms. The molecule has 0 saturated heterocycles. The van der Waals surface area contributed by atoms with Crippen LogP contribution >= 0.6 is 0 Å². The van der Waals surface area contributed by atoms with Crippen LogP contribution in [0.3, 0.4) is 0 Å². The van der Waals surface area contributed by atoms with Crippen molar-refractivity contribution >= 4 is 17.9 Å². The number of hydrogen-bond donors (Lipinski definition) is 1. The van der Waals surface area contributed by atoms with E-state index in [2.05, 4.69) is 15.3 Å². The zero-order chi connectivity index (χ0) is 10.5. The van der Waals surface area contributed by atoms with E-state index in [9.17, 15) is 4.79 Å². The zero-order valence-corrected chi connectivity index (χ0v) is 7.84. The fourth-order valence-corrected chi connectivity index (χ4v) is 1.11. The number of nitrogens with zero attached hydrogens (tertiary/aromatic N) is 2. The number of carbonyl (C=O) groups excluding carboxylic acids is 1. The molecule has 1 aromatic carbocycles. The third-order valence-corrected chi connectivity index (χ3v) is 1.82. The van der Waals surface area contributed by atoms with Crippen LogP contribution in [-0.2, 0) is 4.79 Å². The molecule has 0 amide bonds. The molecule has 2 rings (SSSR count). The lowest BCUT2D eigenvalue weighted by Gasteiger charge is -2.03. The van der Waals surface area contributed by atoms with E-state index < -0.39 is 0 Å². The van der Waals surface area contributed by atoms with Gasteiger partial charge in [-0.3, -0.25) is 4.79 Å². The molecule has 0 saturated carbocycles. The summed E-state index contributed by atoms with van der Waals surface area (Å²) in [6.07, 6.45) is 5.12. The van der Waals surface area contributed by atoms with E-state index in [1.165, 1.54) is 0 Å². The molecule has 0 fully saturated rings. The van der Waals surface area contributed by atoms with E-state index in [0.717, 1.165) is 5.69 Å². The average molecular weight is 198 g/mol. The summed E-state index contributed by atoms with van der Waals surface area (Å²) < 4.78 is 0. The maximum atomic E-state index is 10.3. The molecule has 1 radical (unpaired) electrons. The molecule has 4 nitrogen and oxygen atoms in total. The van der Waals surface area contributed by atoms with Crippen LogP contribution in [0.15, 0.2) is 42.7 Å². The first-order valence-electron chi connectivity index (χ1n) is 4.41. The van der Waals surface area contributed by atoms with Crippen molar-refractivity contribution in [1.29, 1.82) is 0 Å². The van der Waals surface area contributed by atoms with E-state index >= 15 is 0 Å². The summed E-state index contributed by atoms with van der Waals surface area (Å²) in [7, 11) is 0. The zero-order valence-electron chi connectivity index (χ0n) is 7.84. The second kappa shape index (κ2) is 4.32. The normalized spacial score (nSPS) is 9.60. The van der Waals surface area contributed by atoms with Crippen LogP contribution in [0.1, 0.15) is 5.56 Å². The fourth-order valence-electron chi connectivity index (χ4n) is 1.11. The van der Waals surface area contributed by atoms with Crippen molar-refractivity contribution in [2.75, 3.05) is 5.32 Å². The monoisotopic (exact) mass is 198 g/mol. The Balaban J connectivity index is 2.15. The van der Waals surface area contributed by atoms with E-state index in [-0.39, 0.29) is 0 Å². The number of anilines is 2. The SMILES string of the molecule is O=[C]c1ccc(Nc2ncccn2)cc1. The summed E-state index contributed by atoms with van der Waals surface area (Å²) in [5.41, 5.74) is 1.36. The second-order valence-electron chi connectivity index (χ2n) is 2.88. The van der Waals surface area contributed by atoms with E-state index in [1.54, 1.807) is 42.7 Å². The smallest absolute Gasteiger partial charge is 0.233 e. The lowest BCUT2D eigenvalue weighted by molar-refractivity contribution is 0.563. The number of nitrogens with one attached hydrogen (secondary N) is 1. The minimum Gasteiger partial charge on any atom is -0.324 e. The van der Waals surface area contributed by atoms with Crippen molar-refractivity contribution in [3.63, 3.8) is 0 Å². The number of benzene rings is 1. The summed E-state index contributed by atoms with van der Waals surface area (Å²) in [4.78, 5) is 18.3. The Morgan fingerprint density at radius 2 is 1.73 bits per heavy atom. The Bertz CT molecular complexity index is 439. The maximum Gasteiger partial charge on any atom is 0.233 e. The van der Waals surface area contributed by atoms with Crippen molar-refractivity contribution in [3.05, 3.63) is 48.3 Å². The summed E-state index contributed by atoms with van der Waals surface area (Å²) in [6.45, 7) is 0. The summed E-state index contributed by atoms with van der Waals surface area (Å²) >= 11 is 0. The molecule has 1 N–H and O–H groups in total. The van der Waals surface area contributed by atoms with E-state index in [0.29, 0.717) is 11.5 Å². The van der Waals surface area contributed by atoms with E-state index in [1.807, 2.05) is 6.29 Å². The lowest BCUT2D eigenvalue weighted by Crippen LogP contribution is -1.95. The van der Waals surface area contributed by atoms with Crippen molar-refractivity contribution < 1.29 is 4.79 Å². The summed E-state index contributed by atoms with van der Waals surface area (Å²) in [5, 5.41) is 3.00. The van der Waals surface area contributed by atoms with Crippen LogP contribution in [0.4, 0.5) is 11.6 Å². The van der Waals surface area contributed by atoms with Crippen LogP contribution in [0.25, 0.3) is 0 Å². The van der Waals surface area contributed by atoms with Gasteiger partial charge >= 0.3 is 0 Å². The van der Waals surface area contributed by atoms with Gasteiger partial charge in [0, 0.05) is 23.6 Å². The topological polar surface area (TPSA) is 54.9 Å². The van der Waals surface area contributed by atoms with Crippen molar-refractivity contribution in [3.8, 4) is 0 Å². The number of rotatable bonds is 3. The van der Waals surface area contributed by atoms with Gasteiger partial charge in [0.05, 0.1) is 0 Å². The molecule has 0 aliphatic heterocycles. The average Bonchev–Trinajstić information content (AvgIpc) is 2.31. The Morgan fingerprint density at radius 3 is 2.33 bits per heavy atom. The molecule has 15 heavy (non-hydrogen) atoms. The van der Waals surface area contributed by atoms with Crippen molar-refractivity contribution in [2.45, 2.75) is 0 Å². The predicted molar refractivity (Wildman–Crippen MR) is 56.6 cm³/mol.